The van der Waals surface area contributed by atoms with Gasteiger partial charge in [0.1, 0.15) is 5.37 Å². The van der Waals surface area contributed by atoms with Crippen molar-refractivity contribution in [3.05, 3.63) is 52.8 Å². The molecule has 1 amide bonds. The third-order valence-electron chi connectivity index (χ3n) is 3.24. The third kappa shape index (κ3) is 2.32. The summed E-state index contributed by atoms with van der Waals surface area (Å²) in [7, 11) is 1.86. The van der Waals surface area contributed by atoms with E-state index in [1.165, 1.54) is 0 Å². The molecule has 2 heterocycles. The first-order valence-corrected chi connectivity index (χ1v) is 7.81. The Morgan fingerprint density at radius 1 is 1.32 bits per heavy atom. The molecule has 5 heteroatoms. The van der Waals surface area contributed by atoms with Crippen LogP contribution in [0.15, 0.2) is 47.2 Å². The summed E-state index contributed by atoms with van der Waals surface area (Å²) < 4.78 is 3.14. The zero-order valence-electron chi connectivity index (χ0n) is 10.4. The van der Waals surface area contributed by atoms with Gasteiger partial charge in [0.25, 0.3) is 0 Å². The lowest BCUT2D eigenvalue weighted by Gasteiger charge is -2.17. The van der Waals surface area contributed by atoms with Crippen LogP contribution in [-0.2, 0) is 4.79 Å². The van der Waals surface area contributed by atoms with Crippen LogP contribution in [0.2, 0.25) is 0 Å². The van der Waals surface area contributed by atoms with Gasteiger partial charge in [-0.05, 0) is 34.1 Å². The second kappa shape index (κ2) is 5.06. The first-order chi connectivity index (χ1) is 9.16. The number of hydrogen-bond donors (Lipinski definition) is 0. The lowest BCUT2D eigenvalue weighted by molar-refractivity contribution is -0.126. The molecular weight excluding hydrogens is 324 g/mol. The molecule has 3 nitrogen and oxygen atoms in total. The molecule has 2 aromatic rings. The highest BCUT2D eigenvalue weighted by atomic mass is 79.9. The Labute approximate surface area is 124 Å². The second-order valence-corrected chi connectivity index (χ2v) is 6.39. The van der Waals surface area contributed by atoms with Crippen LogP contribution in [0.25, 0.3) is 5.69 Å². The number of aromatic nitrogens is 1. The maximum Gasteiger partial charge on any atom is 0.233 e. The van der Waals surface area contributed by atoms with Crippen molar-refractivity contribution in [3.8, 4) is 5.69 Å². The van der Waals surface area contributed by atoms with E-state index >= 15 is 0 Å². The summed E-state index contributed by atoms with van der Waals surface area (Å²) in [4.78, 5) is 13.4. The average molecular weight is 337 g/mol. The standard InChI is InChI=1S/C14H13BrN2OS/c1-16-13(18)9-19-14(16)10-6-7-17(8-10)12-5-3-2-4-11(12)15/h2-8,14H,9H2,1H3. The number of hydrogen-bond acceptors (Lipinski definition) is 2. The van der Waals surface area contributed by atoms with Gasteiger partial charge in [0.05, 0.1) is 11.4 Å². The van der Waals surface area contributed by atoms with Crippen LogP contribution in [0.3, 0.4) is 0 Å². The number of carbonyl (C=O) groups is 1. The molecule has 3 rings (SSSR count). The number of benzene rings is 1. The van der Waals surface area contributed by atoms with E-state index in [1.54, 1.807) is 11.8 Å². The quantitative estimate of drug-likeness (QED) is 0.839. The summed E-state index contributed by atoms with van der Waals surface area (Å²) in [5.41, 5.74) is 2.26. The largest absolute Gasteiger partial charge is 0.329 e. The van der Waals surface area contributed by atoms with Gasteiger partial charge < -0.3 is 9.47 Å². The molecule has 0 saturated carbocycles. The number of amides is 1. The van der Waals surface area contributed by atoms with Gasteiger partial charge in [0, 0.05) is 29.5 Å². The fraction of sp³-hybridized carbons (Fsp3) is 0.214. The molecule has 1 aliphatic heterocycles. The van der Waals surface area contributed by atoms with Crippen molar-refractivity contribution in [2.24, 2.45) is 0 Å². The predicted molar refractivity (Wildman–Crippen MR) is 81.4 cm³/mol. The highest BCUT2D eigenvalue weighted by Gasteiger charge is 2.30. The molecule has 0 aliphatic carbocycles. The number of thioether (sulfide) groups is 1. The monoisotopic (exact) mass is 336 g/mol. The minimum atomic E-state index is 0.135. The first kappa shape index (κ1) is 12.8. The molecule has 1 aliphatic rings. The predicted octanol–water partition coefficient (Wildman–Crippen LogP) is 3.44. The third-order valence-corrected chi connectivity index (χ3v) is 5.23. The van der Waals surface area contributed by atoms with Crippen LogP contribution in [0, 0.1) is 0 Å². The molecule has 0 bridgehead atoms. The highest BCUT2D eigenvalue weighted by Crippen LogP contribution is 2.37. The molecule has 1 aromatic heterocycles. The van der Waals surface area contributed by atoms with Crippen molar-refractivity contribution in [1.29, 1.82) is 0 Å². The van der Waals surface area contributed by atoms with Crippen LogP contribution in [0.4, 0.5) is 0 Å². The van der Waals surface area contributed by atoms with Crippen LogP contribution in [0.1, 0.15) is 10.9 Å². The SMILES string of the molecule is CN1C(=O)CSC1c1ccn(-c2ccccc2Br)c1. The number of rotatable bonds is 2. The average Bonchev–Trinajstić information content (AvgIpc) is 2.99. The number of halogens is 1. The zero-order valence-corrected chi connectivity index (χ0v) is 12.8. The molecular formula is C14H13BrN2OS. The molecule has 1 fully saturated rings. The molecule has 19 heavy (non-hydrogen) atoms. The maximum atomic E-state index is 11.6. The molecule has 0 radical (unpaired) electrons. The van der Waals surface area contributed by atoms with Crippen molar-refractivity contribution in [2.45, 2.75) is 5.37 Å². The fourth-order valence-electron chi connectivity index (χ4n) is 2.18. The van der Waals surface area contributed by atoms with Gasteiger partial charge >= 0.3 is 0 Å². The fourth-order valence-corrected chi connectivity index (χ4v) is 3.85. The highest BCUT2D eigenvalue weighted by molar-refractivity contribution is 9.10. The molecule has 0 N–H and O–H groups in total. The topological polar surface area (TPSA) is 25.2 Å². The Morgan fingerprint density at radius 3 is 2.79 bits per heavy atom. The lowest BCUT2D eigenvalue weighted by atomic mass is 10.3. The second-order valence-electron chi connectivity index (χ2n) is 4.47. The Balaban J connectivity index is 1.92. The van der Waals surface area contributed by atoms with Crippen LogP contribution >= 0.6 is 27.7 Å². The van der Waals surface area contributed by atoms with E-state index in [0.29, 0.717) is 5.75 Å². The van der Waals surface area contributed by atoms with Crippen molar-refractivity contribution < 1.29 is 4.79 Å². The van der Waals surface area contributed by atoms with Gasteiger partial charge in [0.2, 0.25) is 5.91 Å². The van der Waals surface area contributed by atoms with Gasteiger partial charge in [-0.3, -0.25) is 4.79 Å². The Hall–Kier alpha value is -1.20. The normalized spacial score (nSPS) is 19.2. The van der Waals surface area contributed by atoms with Crippen LogP contribution < -0.4 is 0 Å². The Kier molecular flexibility index (Phi) is 3.41. The van der Waals surface area contributed by atoms with E-state index in [9.17, 15) is 4.79 Å². The zero-order chi connectivity index (χ0) is 13.4. The van der Waals surface area contributed by atoms with E-state index in [2.05, 4.69) is 38.8 Å². The van der Waals surface area contributed by atoms with Gasteiger partial charge in [-0.1, -0.05) is 12.1 Å². The van der Waals surface area contributed by atoms with Crippen LogP contribution in [-0.4, -0.2) is 28.2 Å². The number of carbonyl (C=O) groups excluding carboxylic acids is 1. The van der Waals surface area contributed by atoms with E-state index in [1.807, 2.05) is 36.3 Å². The molecule has 1 aromatic carbocycles. The number of para-hydroxylation sites is 1. The molecule has 1 atom stereocenters. The van der Waals surface area contributed by atoms with Gasteiger partial charge in [-0.25, -0.2) is 0 Å². The summed E-state index contributed by atoms with van der Waals surface area (Å²) in [6, 6.07) is 10.2. The van der Waals surface area contributed by atoms with Gasteiger partial charge in [-0.2, -0.15) is 0 Å². The van der Waals surface area contributed by atoms with E-state index in [-0.39, 0.29) is 11.3 Å². The Bertz CT molecular complexity index is 625. The number of nitrogens with zero attached hydrogens (tertiary/aromatic N) is 2. The van der Waals surface area contributed by atoms with Gasteiger partial charge in [0.15, 0.2) is 0 Å². The van der Waals surface area contributed by atoms with Crippen molar-refractivity contribution in [3.63, 3.8) is 0 Å². The van der Waals surface area contributed by atoms with Crippen molar-refractivity contribution in [2.75, 3.05) is 12.8 Å². The minimum Gasteiger partial charge on any atom is -0.329 e. The minimum absolute atomic E-state index is 0.135. The molecule has 1 saturated heterocycles. The van der Waals surface area contributed by atoms with E-state index < -0.39 is 0 Å². The Morgan fingerprint density at radius 2 is 2.11 bits per heavy atom. The summed E-state index contributed by atoms with van der Waals surface area (Å²) in [6.45, 7) is 0. The smallest absolute Gasteiger partial charge is 0.233 e. The summed E-state index contributed by atoms with van der Waals surface area (Å²) in [5, 5.41) is 0.135. The molecule has 98 valence electrons. The first-order valence-electron chi connectivity index (χ1n) is 5.97. The summed E-state index contributed by atoms with van der Waals surface area (Å²) >= 11 is 5.23. The molecule has 0 spiro atoms. The van der Waals surface area contributed by atoms with Gasteiger partial charge in [-0.15, -0.1) is 11.8 Å². The summed E-state index contributed by atoms with van der Waals surface area (Å²) in [5.74, 6) is 0.769. The molecule has 1 unspecified atom stereocenters. The van der Waals surface area contributed by atoms with E-state index in [0.717, 1.165) is 15.7 Å². The van der Waals surface area contributed by atoms with Crippen molar-refractivity contribution >= 4 is 33.6 Å². The van der Waals surface area contributed by atoms with Crippen molar-refractivity contribution in [1.82, 2.24) is 9.47 Å². The lowest BCUT2D eigenvalue weighted by Crippen LogP contribution is -2.22. The maximum absolute atomic E-state index is 11.6. The van der Waals surface area contributed by atoms with E-state index in [4.69, 9.17) is 0 Å². The summed E-state index contributed by atoms with van der Waals surface area (Å²) in [6.07, 6.45) is 4.12. The van der Waals surface area contributed by atoms with Crippen LogP contribution in [0.5, 0.6) is 0 Å².